The number of carbonyl (C=O) groups is 1. The van der Waals surface area contributed by atoms with Crippen molar-refractivity contribution in [3.8, 4) is 0 Å². The zero-order valence-electron chi connectivity index (χ0n) is 23.9. The fraction of sp³-hybridized carbons (Fsp3) is 0.273. The zero-order chi connectivity index (χ0) is 29.0. The second-order valence-electron chi connectivity index (χ2n) is 10.0. The highest BCUT2D eigenvalue weighted by molar-refractivity contribution is 7.98. The summed E-state index contributed by atoms with van der Waals surface area (Å²) in [6.07, 6.45) is 6.14. The summed E-state index contributed by atoms with van der Waals surface area (Å²) in [6.45, 7) is 5.51. The summed E-state index contributed by atoms with van der Waals surface area (Å²) in [4.78, 5) is 31.4. The molecule has 1 saturated heterocycles. The van der Waals surface area contributed by atoms with Gasteiger partial charge in [0.2, 0.25) is 0 Å². The average Bonchev–Trinajstić information content (AvgIpc) is 3.04. The lowest BCUT2D eigenvalue weighted by atomic mass is 10.1. The van der Waals surface area contributed by atoms with Gasteiger partial charge in [-0.1, -0.05) is 72.4 Å². The number of ether oxygens (including phenoxy) is 1. The zero-order valence-corrected chi connectivity index (χ0v) is 24.7. The molecular formula is C33H36N6O2S. The predicted molar refractivity (Wildman–Crippen MR) is 168 cm³/mol. The van der Waals surface area contributed by atoms with Crippen molar-refractivity contribution in [3.63, 3.8) is 0 Å². The molecule has 1 N–H and O–H groups in total. The van der Waals surface area contributed by atoms with E-state index >= 15 is 0 Å². The van der Waals surface area contributed by atoms with E-state index in [9.17, 15) is 4.79 Å². The predicted octanol–water partition coefficient (Wildman–Crippen LogP) is 5.08. The van der Waals surface area contributed by atoms with Crippen LogP contribution in [0.15, 0.2) is 96.3 Å². The van der Waals surface area contributed by atoms with Crippen molar-refractivity contribution in [3.05, 3.63) is 119 Å². The Hall–Kier alpha value is -4.05. The summed E-state index contributed by atoms with van der Waals surface area (Å²) in [6, 6.07) is 25.8. The van der Waals surface area contributed by atoms with E-state index in [-0.39, 0.29) is 5.91 Å². The molecule has 5 rings (SSSR count). The summed E-state index contributed by atoms with van der Waals surface area (Å²) in [7, 11) is 1.68. The Bertz CT molecular complexity index is 1460. The second-order valence-corrected chi connectivity index (χ2v) is 11.0. The molecule has 1 aliphatic heterocycles. The summed E-state index contributed by atoms with van der Waals surface area (Å²) in [5, 5.41) is 3.65. The Morgan fingerprint density at radius 3 is 2.57 bits per heavy atom. The van der Waals surface area contributed by atoms with E-state index in [0.29, 0.717) is 29.6 Å². The van der Waals surface area contributed by atoms with Crippen LogP contribution in [-0.2, 0) is 23.6 Å². The van der Waals surface area contributed by atoms with Crippen LogP contribution in [0.1, 0.15) is 32.9 Å². The summed E-state index contributed by atoms with van der Waals surface area (Å²) in [5.74, 6) is 1.46. The van der Waals surface area contributed by atoms with Gasteiger partial charge in [-0.3, -0.25) is 14.7 Å². The Kier molecular flexibility index (Phi) is 10.7. The van der Waals surface area contributed by atoms with Crippen molar-refractivity contribution >= 4 is 29.6 Å². The maximum Gasteiger partial charge on any atom is 0.251 e. The first-order valence-corrected chi connectivity index (χ1v) is 15.1. The monoisotopic (exact) mass is 580 g/mol. The van der Waals surface area contributed by atoms with Crippen LogP contribution in [0.2, 0.25) is 0 Å². The molecule has 8 nitrogen and oxygen atoms in total. The number of anilines is 1. The average molecular weight is 581 g/mol. The molecule has 4 aromatic rings. The van der Waals surface area contributed by atoms with Crippen molar-refractivity contribution < 1.29 is 9.53 Å². The van der Waals surface area contributed by atoms with Crippen molar-refractivity contribution in [1.29, 1.82) is 0 Å². The molecule has 2 aromatic heterocycles. The smallest absolute Gasteiger partial charge is 0.251 e. The number of hydrogen-bond acceptors (Lipinski definition) is 8. The van der Waals surface area contributed by atoms with Gasteiger partial charge in [-0.15, -0.1) is 0 Å². The number of aromatic nitrogens is 3. The second kappa shape index (κ2) is 15.3. The number of nitrogens with one attached hydrogen (secondary N) is 1. The van der Waals surface area contributed by atoms with Crippen molar-refractivity contribution in [2.75, 3.05) is 44.7 Å². The van der Waals surface area contributed by atoms with Crippen LogP contribution >= 0.6 is 11.8 Å². The fourth-order valence-electron chi connectivity index (χ4n) is 4.70. The molecule has 0 radical (unpaired) electrons. The number of methoxy groups -OCH3 is 1. The molecule has 0 atom stereocenters. The van der Waals surface area contributed by atoms with E-state index in [2.05, 4.69) is 56.5 Å². The van der Waals surface area contributed by atoms with Gasteiger partial charge in [0, 0.05) is 63.4 Å². The lowest BCUT2D eigenvalue weighted by Crippen LogP contribution is -2.46. The maximum absolute atomic E-state index is 12.7. The van der Waals surface area contributed by atoms with Gasteiger partial charge in [0.1, 0.15) is 5.82 Å². The minimum absolute atomic E-state index is 0.122. The standard InChI is InChI=1S/C33H36N6O2S/c1-41-24-30-22-31(39-19-17-38(18-20-39)16-8-12-26-9-3-2-4-10-26)37-33(36-30)42-25-27-11-7-13-28(21-27)32(40)35-23-29-14-5-6-15-34-29/h2-15,21-22H,16-20,23-25H2,1H3,(H,35,40)/b12-8+. The summed E-state index contributed by atoms with van der Waals surface area (Å²) in [5.41, 5.74) is 4.56. The molecule has 0 aliphatic carbocycles. The third kappa shape index (κ3) is 8.72. The molecule has 2 aromatic carbocycles. The Labute approximate surface area is 251 Å². The Morgan fingerprint density at radius 1 is 0.952 bits per heavy atom. The van der Waals surface area contributed by atoms with Crippen molar-refractivity contribution in [2.45, 2.75) is 24.1 Å². The molecule has 0 bridgehead atoms. The van der Waals surface area contributed by atoms with E-state index in [4.69, 9.17) is 14.7 Å². The highest BCUT2D eigenvalue weighted by Crippen LogP contribution is 2.24. The minimum atomic E-state index is -0.122. The molecule has 9 heteroatoms. The first-order chi connectivity index (χ1) is 20.7. The van der Waals surface area contributed by atoms with Crippen LogP contribution in [0.4, 0.5) is 5.82 Å². The molecule has 0 spiro atoms. The summed E-state index contributed by atoms with van der Waals surface area (Å²) >= 11 is 1.57. The number of hydrogen-bond donors (Lipinski definition) is 1. The maximum atomic E-state index is 12.7. The molecular weight excluding hydrogens is 544 g/mol. The highest BCUT2D eigenvalue weighted by atomic mass is 32.2. The first-order valence-electron chi connectivity index (χ1n) is 14.1. The lowest BCUT2D eigenvalue weighted by Gasteiger charge is -2.35. The molecule has 0 saturated carbocycles. The molecule has 42 heavy (non-hydrogen) atoms. The number of piperazine rings is 1. The van der Waals surface area contributed by atoms with Gasteiger partial charge in [-0.05, 0) is 35.4 Å². The molecule has 216 valence electrons. The topological polar surface area (TPSA) is 83.5 Å². The van der Waals surface area contributed by atoms with Gasteiger partial charge in [0.05, 0.1) is 24.5 Å². The lowest BCUT2D eigenvalue weighted by molar-refractivity contribution is 0.0950. The molecule has 1 amide bonds. The number of rotatable bonds is 12. The quantitative estimate of drug-likeness (QED) is 0.184. The van der Waals surface area contributed by atoms with Crippen LogP contribution in [-0.4, -0.2) is 65.6 Å². The number of pyridine rings is 1. The van der Waals surface area contributed by atoms with Gasteiger partial charge in [0.15, 0.2) is 5.16 Å². The highest BCUT2D eigenvalue weighted by Gasteiger charge is 2.19. The van der Waals surface area contributed by atoms with Crippen LogP contribution < -0.4 is 10.2 Å². The SMILES string of the molecule is COCc1cc(N2CCN(C/C=C/c3ccccc3)CC2)nc(SCc2cccc(C(=O)NCc3ccccn3)c2)n1. The molecule has 3 heterocycles. The number of nitrogens with zero attached hydrogens (tertiary/aromatic N) is 5. The van der Waals surface area contributed by atoms with Gasteiger partial charge in [0.25, 0.3) is 5.91 Å². The number of carbonyl (C=O) groups excluding carboxylic acids is 1. The normalized spacial score (nSPS) is 13.9. The van der Waals surface area contributed by atoms with Crippen molar-refractivity contribution in [2.24, 2.45) is 0 Å². The number of thioether (sulfide) groups is 1. The molecule has 1 aliphatic rings. The Morgan fingerprint density at radius 2 is 1.79 bits per heavy atom. The van der Waals surface area contributed by atoms with Crippen molar-refractivity contribution in [1.82, 2.24) is 25.2 Å². The third-order valence-electron chi connectivity index (χ3n) is 6.92. The van der Waals surface area contributed by atoms with Gasteiger partial charge in [-0.2, -0.15) is 0 Å². The first kappa shape index (κ1) is 29.4. The molecule has 0 unspecified atom stereocenters. The largest absolute Gasteiger partial charge is 0.378 e. The number of benzene rings is 2. The van der Waals surface area contributed by atoms with E-state index < -0.39 is 0 Å². The minimum Gasteiger partial charge on any atom is -0.378 e. The van der Waals surface area contributed by atoms with E-state index in [1.807, 2.05) is 54.6 Å². The fourth-order valence-corrected chi connectivity index (χ4v) is 5.51. The van der Waals surface area contributed by atoms with Gasteiger partial charge >= 0.3 is 0 Å². The summed E-state index contributed by atoms with van der Waals surface area (Å²) < 4.78 is 5.40. The number of amides is 1. The van der Waals surface area contributed by atoms with Crippen LogP contribution in [0.5, 0.6) is 0 Å². The molecule has 1 fully saturated rings. The van der Waals surface area contributed by atoms with E-state index in [1.165, 1.54) is 5.56 Å². The van der Waals surface area contributed by atoms with Crippen LogP contribution in [0, 0.1) is 0 Å². The van der Waals surface area contributed by atoms with E-state index in [0.717, 1.165) is 55.5 Å². The van der Waals surface area contributed by atoms with Crippen LogP contribution in [0.25, 0.3) is 6.08 Å². The Balaban J connectivity index is 1.17. The van der Waals surface area contributed by atoms with Crippen LogP contribution in [0.3, 0.4) is 0 Å². The van der Waals surface area contributed by atoms with E-state index in [1.54, 1.807) is 25.1 Å². The third-order valence-corrected chi connectivity index (χ3v) is 7.84. The van der Waals surface area contributed by atoms with Gasteiger partial charge in [-0.25, -0.2) is 9.97 Å². The van der Waals surface area contributed by atoms with Gasteiger partial charge < -0.3 is 15.0 Å².